The van der Waals surface area contributed by atoms with Gasteiger partial charge >= 0.3 is 0 Å². The van der Waals surface area contributed by atoms with E-state index in [0.717, 1.165) is 18.2 Å². The molecule has 2 rings (SSSR count). The molecule has 1 atom stereocenters. The van der Waals surface area contributed by atoms with E-state index in [0.29, 0.717) is 0 Å². The quantitative estimate of drug-likeness (QED) is 0.770. The molecule has 14 heavy (non-hydrogen) atoms. The fourth-order valence-electron chi connectivity index (χ4n) is 2.29. The number of aromatic amines is 1. The van der Waals surface area contributed by atoms with E-state index in [1.165, 1.54) is 38.4 Å². The van der Waals surface area contributed by atoms with Crippen molar-refractivity contribution in [1.82, 2.24) is 15.2 Å². The molecular formula is C10H18N4. The van der Waals surface area contributed by atoms with E-state index in [2.05, 4.69) is 15.2 Å². The first-order valence-corrected chi connectivity index (χ1v) is 5.47. The van der Waals surface area contributed by atoms with E-state index >= 15 is 0 Å². The third-order valence-corrected chi connectivity index (χ3v) is 3.10. The molecule has 4 heteroatoms. The van der Waals surface area contributed by atoms with Crippen LogP contribution in [0.3, 0.4) is 0 Å². The SMILES string of the molecule is N[C@H](CC1CCCCC1)c1ncn[nH]1. The van der Waals surface area contributed by atoms with Crippen LogP contribution >= 0.6 is 0 Å². The van der Waals surface area contributed by atoms with Gasteiger partial charge in [0.05, 0.1) is 6.04 Å². The van der Waals surface area contributed by atoms with Crippen molar-refractivity contribution in [2.24, 2.45) is 11.7 Å². The van der Waals surface area contributed by atoms with Crippen LogP contribution in [0.25, 0.3) is 0 Å². The summed E-state index contributed by atoms with van der Waals surface area (Å²) >= 11 is 0. The number of hydrogen-bond donors (Lipinski definition) is 2. The molecule has 1 aliphatic rings. The minimum Gasteiger partial charge on any atom is -0.321 e. The average molecular weight is 194 g/mol. The molecule has 1 aromatic rings. The van der Waals surface area contributed by atoms with Crippen LogP contribution in [-0.2, 0) is 0 Å². The van der Waals surface area contributed by atoms with E-state index in [1.807, 2.05) is 0 Å². The van der Waals surface area contributed by atoms with Crippen molar-refractivity contribution in [3.05, 3.63) is 12.2 Å². The number of H-pyrrole nitrogens is 1. The highest BCUT2D eigenvalue weighted by atomic mass is 15.2. The van der Waals surface area contributed by atoms with Crippen LogP contribution in [0.4, 0.5) is 0 Å². The zero-order chi connectivity index (χ0) is 9.80. The van der Waals surface area contributed by atoms with Crippen molar-refractivity contribution in [1.29, 1.82) is 0 Å². The molecule has 0 amide bonds. The molecule has 0 unspecified atom stereocenters. The zero-order valence-electron chi connectivity index (χ0n) is 8.45. The fraction of sp³-hybridized carbons (Fsp3) is 0.800. The molecular weight excluding hydrogens is 176 g/mol. The Hall–Kier alpha value is -0.900. The normalized spacial score (nSPS) is 20.9. The van der Waals surface area contributed by atoms with Gasteiger partial charge in [0.2, 0.25) is 0 Å². The van der Waals surface area contributed by atoms with E-state index in [1.54, 1.807) is 0 Å². The van der Waals surface area contributed by atoms with E-state index < -0.39 is 0 Å². The molecule has 0 bridgehead atoms. The second-order valence-electron chi connectivity index (χ2n) is 4.22. The first-order valence-electron chi connectivity index (χ1n) is 5.47. The van der Waals surface area contributed by atoms with Gasteiger partial charge in [-0.2, -0.15) is 5.10 Å². The molecule has 0 aliphatic heterocycles. The molecule has 1 fully saturated rings. The van der Waals surface area contributed by atoms with Crippen molar-refractivity contribution < 1.29 is 0 Å². The zero-order valence-corrected chi connectivity index (χ0v) is 8.45. The highest BCUT2D eigenvalue weighted by Crippen LogP contribution is 2.29. The molecule has 1 heterocycles. The maximum Gasteiger partial charge on any atom is 0.141 e. The Kier molecular flexibility index (Phi) is 3.14. The Morgan fingerprint density at radius 2 is 2.21 bits per heavy atom. The van der Waals surface area contributed by atoms with Gasteiger partial charge in [-0.25, -0.2) is 4.98 Å². The molecule has 0 aromatic carbocycles. The Labute approximate surface area is 84.3 Å². The van der Waals surface area contributed by atoms with Gasteiger partial charge in [0.1, 0.15) is 12.2 Å². The number of aromatic nitrogens is 3. The van der Waals surface area contributed by atoms with Crippen LogP contribution < -0.4 is 5.73 Å². The third-order valence-electron chi connectivity index (χ3n) is 3.10. The van der Waals surface area contributed by atoms with Gasteiger partial charge in [0.15, 0.2) is 0 Å². The predicted octanol–water partition coefficient (Wildman–Crippen LogP) is 1.77. The van der Waals surface area contributed by atoms with Crippen molar-refractivity contribution in [2.45, 2.75) is 44.6 Å². The lowest BCUT2D eigenvalue weighted by Crippen LogP contribution is -2.18. The maximum atomic E-state index is 6.04. The number of nitrogens with one attached hydrogen (secondary N) is 1. The molecule has 0 radical (unpaired) electrons. The van der Waals surface area contributed by atoms with Gasteiger partial charge in [-0.1, -0.05) is 32.1 Å². The lowest BCUT2D eigenvalue weighted by atomic mass is 9.85. The summed E-state index contributed by atoms with van der Waals surface area (Å²) in [4.78, 5) is 4.09. The smallest absolute Gasteiger partial charge is 0.141 e. The number of rotatable bonds is 3. The topological polar surface area (TPSA) is 67.6 Å². The summed E-state index contributed by atoms with van der Waals surface area (Å²) in [5, 5.41) is 6.66. The van der Waals surface area contributed by atoms with E-state index in [-0.39, 0.29) is 6.04 Å². The first-order chi connectivity index (χ1) is 6.86. The van der Waals surface area contributed by atoms with Crippen LogP contribution in [0.5, 0.6) is 0 Å². The van der Waals surface area contributed by atoms with Gasteiger partial charge in [-0.3, -0.25) is 5.10 Å². The lowest BCUT2D eigenvalue weighted by Gasteiger charge is -2.23. The molecule has 1 aliphatic carbocycles. The second-order valence-corrected chi connectivity index (χ2v) is 4.22. The molecule has 0 saturated heterocycles. The highest BCUT2D eigenvalue weighted by Gasteiger charge is 2.18. The summed E-state index contributed by atoms with van der Waals surface area (Å²) in [6.45, 7) is 0. The first kappa shape index (κ1) is 9.65. The van der Waals surface area contributed by atoms with Gasteiger partial charge < -0.3 is 5.73 Å². The Morgan fingerprint density at radius 1 is 1.43 bits per heavy atom. The lowest BCUT2D eigenvalue weighted by molar-refractivity contribution is 0.316. The minimum atomic E-state index is 0.0422. The molecule has 1 aromatic heterocycles. The van der Waals surface area contributed by atoms with Gasteiger partial charge in [-0.05, 0) is 12.3 Å². The molecule has 4 nitrogen and oxygen atoms in total. The predicted molar refractivity (Wildman–Crippen MR) is 54.5 cm³/mol. The van der Waals surface area contributed by atoms with Crippen LogP contribution in [0.15, 0.2) is 6.33 Å². The van der Waals surface area contributed by atoms with Gasteiger partial charge in [0, 0.05) is 0 Å². The van der Waals surface area contributed by atoms with Crippen molar-refractivity contribution in [3.63, 3.8) is 0 Å². The second kappa shape index (κ2) is 4.55. The summed E-state index contributed by atoms with van der Waals surface area (Å²) in [7, 11) is 0. The standard InChI is InChI=1S/C10H18N4/c11-9(10-12-7-13-14-10)6-8-4-2-1-3-5-8/h7-9H,1-6,11H2,(H,12,13,14)/t9-/m1/s1. The summed E-state index contributed by atoms with van der Waals surface area (Å²) in [6, 6.07) is 0.0422. The Balaban J connectivity index is 1.84. The van der Waals surface area contributed by atoms with Crippen LogP contribution in [0.2, 0.25) is 0 Å². The summed E-state index contributed by atoms with van der Waals surface area (Å²) < 4.78 is 0. The van der Waals surface area contributed by atoms with Gasteiger partial charge in [0.25, 0.3) is 0 Å². The fourth-order valence-corrected chi connectivity index (χ4v) is 2.29. The number of nitrogens with two attached hydrogens (primary N) is 1. The van der Waals surface area contributed by atoms with E-state index in [9.17, 15) is 0 Å². The van der Waals surface area contributed by atoms with Crippen LogP contribution in [0.1, 0.15) is 50.4 Å². The van der Waals surface area contributed by atoms with Crippen LogP contribution in [0, 0.1) is 5.92 Å². The molecule has 78 valence electrons. The number of hydrogen-bond acceptors (Lipinski definition) is 3. The number of nitrogens with zero attached hydrogens (tertiary/aromatic N) is 2. The third kappa shape index (κ3) is 2.32. The van der Waals surface area contributed by atoms with Gasteiger partial charge in [-0.15, -0.1) is 0 Å². The minimum absolute atomic E-state index is 0.0422. The van der Waals surface area contributed by atoms with Crippen molar-refractivity contribution in [2.75, 3.05) is 0 Å². The van der Waals surface area contributed by atoms with Crippen molar-refractivity contribution >= 4 is 0 Å². The van der Waals surface area contributed by atoms with Crippen LogP contribution in [-0.4, -0.2) is 15.2 Å². The molecule has 1 saturated carbocycles. The summed E-state index contributed by atoms with van der Waals surface area (Å²) in [6.07, 6.45) is 9.38. The molecule has 3 N–H and O–H groups in total. The summed E-state index contributed by atoms with van der Waals surface area (Å²) in [5.74, 6) is 1.62. The highest BCUT2D eigenvalue weighted by molar-refractivity contribution is 4.90. The average Bonchev–Trinajstić information content (AvgIpc) is 2.72. The van der Waals surface area contributed by atoms with E-state index in [4.69, 9.17) is 5.73 Å². The van der Waals surface area contributed by atoms with Crippen molar-refractivity contribution in [3.8, 4) is 0 Å². The molecule has 0 spiro atoms. The largest absolute Gasteiger partial charge is 0.321 e. The monoisotopic (exact) mass is 194 g/mol. The Bertz CT molecular complexity index is 251. The maximum absolute atomic E-state index is 6.04. The summed E-state index contributed by atoms with van der Waals surface area (Å²) in [5.41, 5.74) is 6.04. The Morgan fingerprint density at radius 3 is 2.86 bits per heavy atom.